The lowest BCUT2D eigenvalue weighted by Gasteiger charge is -2.18. The molecule has 0 saturated heterocycles. The highest BCUT2D eigenvalue weighted by Crippen LogP contribution is 2.32. The Labute approximate surface area is 156 Å². The van der Waals surface area contributed by atoms with Crippen molar-refractivity contribution in [1.29, 1.82) is 0 Å². The lowest BCUT2D eigenvalue weighted by molar-refractivity contribution is 0.0974. The molecule has 0 fully saturated rings. The van der Waals surface area contributed by atoms with E-state index in [9.17, 15) is 13.6 Å². The molecule has 0 aliphatic rings. The molecule has 0 atom stereocenters. The molecular weight excluding hydrogens is 374 g/mol. The molecular formula is C18H14F2N4O2S. The number of hydrogen-bond acceptors (Lipinski definition) is 5. The second-order valence-electron chi connectivity index (χ2n) is 6.00. The fourth-order valence-electron chi connectivity index (χ4n) is 2.79. The highest BCUT2D eigenvalue weighted by Gasteiger charge is 2.26. The zero-order chi connectivity index (χ0) is 19.1. The van der Waals surface area contributed by atoms with Crippen LogP contribution in [0.25, 0.3) is 10.2 Å². The first kappa shape index (κ1) is 17.3. The molecule has 1 amide bonds. The van der Waals surface area contributed by atoms with E-state index >= 15 is 0 Å². The largest absolute Gasteiger partial charge is 0.467 e. The Morgan fingerprint density at radius 1 is 1.33 bits per heavy atom. The molecule has 4 aromatic rings. The fourth-order valence-corrected chi connectivity index (χ4v) is 3.80. The monoisotopic (exact) mass is 388 g/mol. The summed E-state index contributed by atoms with van der Waals surface area (Å²) in [6.07, 6.45) is 1.50. The van der Waals surface area contributed by atoms with Gasteiger partial charge in [0.05, 0.1) is 23.2 Å². The molecule has 1 aromatic carbocycles. The van der Waals surface area contributed by atoms with Gasteiger partial charge in [-0.15, -0.1) is 0 Å². The molecule has 9 heteroatoms. The van der Waals surface area contributed by atoms with Gasteiger partial charge in [0.2, 0.25) is 0 Å². The van der Waals surface area contributed by atoms with Crippen molar-refractivity contribution in [3.8, 4) is 0 Å². The number of thiazole rings is 1. The number of amides is 1. The van der Waals surface area contributed by atoms with Gasteiger partial charge in [-0.3, -0.25) is 14.4 Å². The second kappa shape index (κ2) is 6.58. The quantitative estimate of drug-likeness (QED) is 0.529. The standard InChI is InChI=1S/C18H14F2N4O2S/c1-10-6-14(23(2)22-10)17(25)24(9-12-4-3-5-26-12)18-21-16-13(20)7-11(19)8-15(16)27-18/h3-8H,9H2,1-2H3. The van der Waals surface area contributed by atoms with Crippen molar-refractivity contribution >= 4 is 32.6 Å². The molecule has 3 heterocycles. The van der Waals surface area contributed by atoms with Crippen LogP contribution in [0.4, 0.5) is 13.9 Å². The van der Waals surface area contributed by atoms with Crippen LogP contribution in [-0.2, 0) is 13.6 Å². The first-order valence-corrected chi connectivity index (χ1v) is 8.84. The molecule has 0 bridgehead atoms. The molecule has 3 aromatic heterocycles. The Morgan fingerprint density at radius 2 is 2.15 bits per heavy atom. The number of benzene rings is 1. The maximum Gasteiger partial charge on any atom is 0.278 e. The molecule has 6 nitrogen and oxygen atoms in total. The van der Waals surface area contributed by atoms with Gasteiger partial charge in [0.1, 0.15) is 22.8 Å². The SMILES string of the molecule is Cc1cc(C(=O)N(Cc2ccco2)c2nc3c(F)cc(F)cc3s2)n(C)n1. The second-order valence-corrected chi connectivity index (χ2v) is 7.01. The van der Waals surface area contributed by atoms with Crippen molar-refractivity contribution in [3.63, 3.8) is 0 Å². The number of rotatable bonds is 4. The van der Waals surface area contributed by atoms with E-state index in [0.717, 1.165) is 17.4 Å². The molecule has 0 aliphatic carbocycles. The van der Waals surface area contributed by atoms with E-state index in [2.05, 4.69) is 10.1 Å². The fraction of sp³-hybridized carbons (Fsp3) is 0.167. The highest BCUT2D eigenvalue weighted by atomic mass is 32.1. The van der Waals surface area contributed by atoms with Crippen LogP contribution in [0.2, 0.25) is 0 Å². The normalized spacial score (nSPS) is 11.3. The number of hydrogen-bond donors (Lipinski definition) is 0. The predicted molar refractivity (Wildman–Crippen MR) is 96.7 cm³/mol. The average molecular weight is 388 g/mol. The van der Waals surface area contributed by atoms with Crippen LogP contribution in [0.15, 0.2) is 41.0 Å². The number of nitrogens with zero attached hydrogens (tertiary/aromatic N) is 4. The van der Waals surface area contributed by atoms with Gasteiger partial charge in [0.15, 0.2) is 10.9 Å². The summed E-state index contributed by atoms with van der Waals surface area (Å²) in [5.74, 6) is -1.29. The summed E-state index contributed by atoms with van der Waals surface area (Å²) in [5, 5.41) is 4.44. The summed E-state index contributed by atoms with van der Waals surface area (Å²) < 4.78 is 34.7. The number of anilines is 1. The van der Waals surface area contributed by atoms with Gasteiger partial charge >= 0.3 is 0 Å². The van der Waals surface area contributed by atoms with Crippen LogP contribution < -0.4 is 4.90 Å². The van der Waals surface area contributed by atoms with Crippen molar-refractivity contribution in [3.05, 3.63) is 65.4 Å². The first-order chi connectivity index (χ1) is 12.9. The van der Waals surface area contributed by atoms with Crippen LogP contribution >= 0.6 is 11.3 Å². The number of carbonyl (C=O) groups is 1. The lowest BCUT2D eigenvalue weighted by Crippen LogP contribution is -2.31. The molecule has 0 unspecified atom stereocenters. The molecule has 0 radical (unpaired) electrons. The van der Waals surface area contributed by atoms with Crippen LogP contribution in [0.3, 0.4) is 0 Å². The third-order valence-corrected chi connectivity index (χ3v) is 5.02. The van der Waals surface area contributed by atoms with Crippen LogP contribution in [-0.4, -0.2) is 20.7 Å². The van der Waals surface area contributed by atoms with Gasteiger partial charge < -0.3 is 4.42 Å². The maximum absolute atomic E-state index is 14.1. The number of furan rings is 1. The Morgan fingerprint density at radius 3 is 2.81 bits per heavy atom. The van der Waals surface area contributed by atoms with Crippen LogP contribution in [0, 0.1) is 18.6 Å². The smallest absolute Gasteiger partial charge is 0.278 e. The number of aryl methyl sites for hydroxylation is 2. The third kappa shape index (κ3) is 3.21. The van der Waals surface area contributed by atoms with Crippen molar-refractivity contribution < 1.29 is 18.0 Å². The van der Waals surface area contributed by atoms with Gasteiger partial charge in [0, 0.05) is 13.1 Å². The summed E-state index contributed by atoms with van der Waals surface area (Å²) >= 11 is 1.03. The minimum absolute atomic E-state index is 0.0230. The van der Waals surface area contributed by atoms with Crippen molar-refractivity contribution in [2.75, 3.05) is 4.90 Å². The Balaban J connectivity index is 1.81. The van der Waals surface area contributed by atoms with Gasteiger partial charge in [-0.2, -0.15) is 5.10 Å². The van der Waals surface area contributed by atoms with Gasteiger partial charge in [-0.05, 0) is 31.2 Å². The van der Waals surface area contributed by atoms with Gasteiger partial charge in [-0.1, -0.05) is 11.3 Å². The average Bonchev–Trinajstić information content (AvgIpc) is 3.32. The molecule has 0 aliphatic heterocycles. The Kier molecular flexibility index (Phi) is 4.23. The Bertz CT molecular complexity index is 1130. The molecule has 0 saturated carbocycles. The minimum atomic E-state index is -0.769. The van der Waals surface area contributed by atoms with E-state index in [1.807, 2.05) is 0 Å². The lowest BCUT2D eigenvalue weighted by atomic mass is 10.3. The summed E-state index contributed by atoms with van der Waals surface area (Å²) in [6.45, 7) is 1.88. The van der Waals surface area contributed by atoms with E-state index in [1.54, 1.807) is 32.2 Å². The van der Waals surface area contributed by atoms with Crippen molar-refractivity contribution in [2.24, 2.45) is 7.05 Å². The van der Waals surface area contributed by atoms with Crippen molar-refractivity contribution in [2.45, 2.75) is 13.5 Å². The minimum Gasteiger partial charge on any atom is -0.467 e. The molecule has 0 spiro atoms. The topological polar surface area (TPSA) is 64.2 Å². The number of halogens is 2. The Hall–Kier alpha value is -3.07. The number of aromatic nitrogens is 3. The maximum atomic E-state index is 14.1. The zero-order valence-corrected chi connectivity index (χ0v) is 15.3. The highest BCUT2D eigenvalue weighted by molar-refractivity contribution is 7.22. The molecule has 4 rings (SSSR count). The van der Waals surface area contributed by atoms with Crippen molar-refractivity contribution in [1.82, 2.24) is 14.8 Å². The van der Waals surface area contributed by atoms with E-state index in [0.29, 0.717) is 21.8 Å². The third-order valence-electron chi connectivity index (χ3n) is 3.99. The molecule has 0 N–H and O–H groups in total. The van der Waals surface area contributed by atoms with E-state index < -0.39 is 11.6 Å². The summed E-state index contributed by atoms with van der Waals surface area (Å²) in [4.78, 5) is 18.8. The van der Waals surface area contributed by atoms with Gasteiger partial charge in [0.25, 0.3) is 5.91 Å². The van der Waals surface area contributed by atoms with Crippen LogP contribution in [0.1, 0.15) is 21.9 Å². The number of carbonyl (C=O) groups excluding carboxylic acids is 1. The predicted octanol–water partition coefficient (Wildman–Crippen LogP) is 4.06. The molecule has 138 valence electrons. The van der Waals surface area contributed by atoms with E-state index in [-0.39, 0.29) is 23.1 Å². The zero-order valence-electron chi connectivity index (χ0n) is 14.4. The van der Waals surface area contributed by atoms with Gasteiger partial charge in [-0.25, -0.2) is 13.8 Å². The summed E-state index contributed by atoms with van der Waals surface area (Å²) in [7, 11) is 1.67. The molecule has 27 heavy (non-hydrogen) atoms. The summed E-state index contributed by atoms with van der Waals surface area (Å²) in [5.41, 5.74) is 1.07. The van der Waals surface area contributed by atoms with E-state index in [1.165, 1.54) is 21.9 Å². The number of fused-ring (bicyclic) bond motifs is 1. The van der Waals surface area contributed by atoms with E-state index in [4.69, 9.17) is 4.42 Å². The van der Waals surface area contributed by atoms with Crippen LogP contribution in [0.5, 0.6) is 0 Å². The first-order valence-electron chi connectivity index (χ1n) is 8.03. The summed E-state index contributed by atoms with van der Waals surface area (Å²) in [6, 6.07) is 7.06.